The molecule has 0 heterocycles. The Hall–Kier alpha value is -0.105. The maximum absolute atomic E-state index is 12.0. The number of unbranched alkanes of at least 4 members (excludes halogenated alkanes) is 33. The van der Waals surface area contributed by atoms with Gasteiger partial charge in [-0.15, -0.1) is 0 Å². The van der Waals surface area contributed by atoms with E-state index in [1.165, 1.54) is 193 Å². The predicted molar refractivity (Wildman–Crippen MR) is 230 cm³/mol. The topological polar surface area (TPSA) is 67.8 Å². The molecule has 0 spiro atoms. The first-order valence-electron chi connectivity index (χ1n) is 23.9. The Labute approximate surface area is 391 Å². The first-order chi connectivity index (χ1) is 26.6. The van der Waals surface area contributed by atoms with Crippen LogP contribution in [0.5, 0.6) is 17.2 Å². The zero-order chi connectivity index (χ0) is 39.0. The number of ether oxygens (including phenoxy) is 3. The zero-order valence-corrected chi connectivity index (χ0v) is 42.2. The first-order valence-corrected chi connectivity index (χ1v) is 23.9. The van der Waals surface area contributed by atoms with Crippen LogP contribution in [0.4, 0.5) is 0 Å². The van der Waals surface area contributed by atoms with Crippen molar-refractivity contribution in [3.8, 4) is 17.2 Å². The summed E-state index contributed by atoms with van der Waals surface area (Å²) in [5.41, 5.74) is 0.0853. The largest absolute Gasteiger partial charge is 1.00 e. The Balaban J connectivity index is 0.0000292. The van der Waals surface area contributed by atoms with Gasteiger partial charge in [0.1, 0.15) is 0 Å². The maximum Gasteiger partial charge on any atom is 1.00 e. The van der Waals surface area contributed by atoms with Gasteiger partial charge < -0.3 is 24.1 Å². The molecule has 1 aromatic carbocycles. The molecule has 0 amide bonds. The van der Waals surface area contributed by atoms with Crippen LogP contribution < -0.4 is 77.5 Å². The van der Waals surface area contributed by atoms with Crippen LogP contribution in [0.2, 0.25) is 0 Å². The van der Waals surface area contributed by atoms with Crippen molar-refractivity contribution in [1.29, 1.82) is 0 Å². The molecule has 0 radical (unpaired) electrons. The van der Waals surface area contributed by atoms with Crippen LogP contribution in [0.15, 0.2) is 12.1 Å². The molecule has 0 aliphatic carbocycles. The molecule has 55 heavy (non-hydrogen) atoms. The number of aromatic carboxylic acids is 1. The van der Waals surface area contributed by atoms with Crippen LogP contribution in [-0.2, 0) is 0 Å². The predicted octanol–water partition coefficient (Wildman–Crippen LogP) is 12.3. The van der Waals surface area contributed by atoms with Crippen molar-refractivity contribution in [3.05, 3.63) is 17.7 Å². The molecule has 0 aromatic heterocycles. The molecule has 0 N–H and O–H groups in total. The number of rotatable bonds is 43. The molecule has 316 valence electrons. The summed E-state index contributed by atoms with van der Waals surface area (Å²) in [5.74, 6) is 0.292. The summed E-state index contributed by atoms with van der Waals surface area (Å²) in [4.78, 5) is 12.0. The summed E-state index contributed by atoms with van der Waals surface area (Å²) in [6.07, 6.45) is 46.4. The van der Waals surface area contributed by atoms with E-state index in [9.17, 15) is 9.90 Å². The van der Waals surface area contributed by atoms with Crippen LogP contribution in [0.25, 0.3) is 0 Å². The molecule has 0 unspecified atom stereocenters. The average molecular weight is 844 g/mol. The van der Waals surface area contributed by atoms with Crippen molar-refractivity contribution >= 4 is 5.97 Å². The van der Waals surface area contributed by atoms with Crippen molar-refractivity contribution in [3.63, 3.8) is 0 Å². The standard InChI is InChI=1S/C49H90O5.Rb/c1-4-7-10-13-16-19-22-25-28-31-34-37-40-52-46-43-45(49(50)51)44-47(53-41-38-35-32-29-26-23-20-17-14-11-8-5-2)48(46)54-42-39-36-33-30-27-24-21-18-15-12-9-6-3;/h43-44H,4-42H2,1-3H3,(H,50,51);/q;+1/p-1. The molecule has 5 nitrogen and oxygen atoms in total. The van der Waals surface area contributed by atoms with Gasteiger partial charge in [-0.05, 0) is 31.4 Å². The second-order valence-electron chi connectivity index (χ2n) is 16.3. The summed E-state index contributed by atoms with van der Waals surface area (Å²) in [7, 11) is 0. The minimum atomic E-state index is -1.21. The van der Waals surface area contributed by atoms with Crippen molar-refractivity contribution < 1.29 is 82.3 Å². The van der Waals surface area contributed by atoms with E-state index in [-0.39, 0.29) is 63.8 Å². The van der Waals surface area contributed by atoms with Crippen LogP contribution >= 0.6 is 0 Å². The number of hydrogen-bond donors (Lipinski definition) is 0. The van der Waals surface area contributed by atoms with Crippen molar-refractivity contribution in [2.24, 2.45) is 0 Å². The molecule has 0 aliphatic heterocycles. The minimum Gasteiger partial charge on any atom is -0.545 e. The summed E-state index contributed by atoms with van der Waals surface area (Å²) >= 11 is 0. The zero-order valence-electron chi connectivity index (χ0n) is 37.3. The fourth-order valence-corrected chi connectivity index (χ4v) is 7.42. The fraction of sp³-hybridized carbons (Fsp3) is 0.857. The van der Waals surface area contributed by atoms with E-state index >= 15 is 0 Å². The van der Waals surface area contributed by atoms with Crippen molar-refractivity contribution in [2.75, 3.05) is 19.8 Å². The molecule has 6 heteroatoms. The number of carboxylic acids is 1. The van der Waals surface area contributed by atoms with Gasteiger partial charge in [-0.25, -0.2) is 0 Å². The van der Waals surface area contributed by atoms with E-state index in [0.29, 0.717) is 37.1 Å². The Morgan fingerprint density at radius 2 is 0.600 bits per heavy atom. The SMILES string of the molecule is CCCCCCCCCCCCCCOc1cc(C(=O)[O-])cc(OCCCCCCCCCCCCCC)c1OCCCCCCCCCCCCCC.[Rb+]. The summed E-state index contributed by atoms with van der Waals surface area (Å²) in [6, 6.07) is 3.15. The monoisotopic (exact) mass is 843 g/mol. The molecule has 0 saturated heterocycles. The second kappa shape index (κ2) is 43.5. The van der Waals surface area contributed by atoms with E-state index in [4.69, 9.17) is 14.2 Å². The average Bonchev–Trinajstić information content (AvgIpc) is 3.17. The molecular weight excluding hydrogens is 754 g/mol. The third-order valence-electron chi connectivity index (χ3n) is 11.0. The molecule has 1 aromatic rings. The van der Waals surface area contributed by atoms with E-state index in [2.05, 4.69) is 20.8 Å². The van der Waals surface area contributed by atoms with Crippen LogP contribution in [0, 0.1) is 0 Å². The van der Waals surface area contributed by atoms with Gasteiger partial charge in [0.25, 0.3) is 0 Å². The summed E-state index contributed by atoms with van der Waals surface area (Å²) in [6.45, 7) is 8.49. The third-order valence-corrected chi connectivity index (χ3v) is 11.0. The molecule has 0 bridgehead atoms. The van der Waals surface area contributed by atoms with Gasteiger partial charge in [0, 0.05) is 5.56 Å². The van der Waals surface area contributed by atoms with E-state index in [1.807, 2.05) is 0 Å². The van der Waals surface area contributed by atoms with Crippen molar-refractivity contribution in [1.82, 2.24) is 0 Å². The third kappa shape index (κ3) is 34.5. The second-order valence-corrected chi connectivity index (χ2v) is 16.3. The van der Waals surface area contributed by atoms with E-state index < -0.39 is 5.97 Å². The summed E-state index contributed by atoms with van der Waals surface area (Å²) in [5, 5.41) is 12.0. The van der Waals surface area contributed by atoms with E-state index in [1.54, 1.807) is 12.1 Å². The minimum absolute atomic E-state index is 0. The quantitative estimate of drug-likeness (QED) is 0.0613. The Morgan fingerprint density at radius 1 is 0.382 bits per heavy atom. The van der Waals surface area contributed by atoms with Crippen LogP contribution in [0.1, 0.15) is 262 Å². The van der Waals surface area contributed by atoms with Gasteiger partial charge in [0.05, 0.1) is 25.8 Å². The van der Waals surface area contributed by atoms with Crippen molar-refractivity contribution in [2.45, 2.75) is 252 Å². The Morgan fingerprint density at radius 3 is 0.836 bits per heavy atom. The number of carbonyl (C=O) groups is 1. The molecular formula is C49H89O5Rb. The number of benzene rings is 1. The smallest absolute Gasteiger partial charge is 0.545 e. The van der Waals surface area contributed by atoms with Gasteiger partial charge >= 0.3 is 58.2 Å². The van der Waals surface area contributed by atoms with Crippen LogP contribution in [-0.4, -0.2) is 25.8 Å². The molecule has 0 atom stereocenters. The Kier molecular flexibility index (Phi) is 43.4. The van der Waals surface area contributed by atoms with Gasteiger partial charge in [-0.3, -0.25) is 0 Å². The van der Waals surface area contributed by atoms with Crippen LogP contribution in [0.3, 0.4) is 0 Å². The molecule has 0 aliphatic rings. The van der Waals surface area contributed by atoms with E-state index in [0.717, 1.165) is 38.5 Å². The number of carbonyl (C=O) groups excluding carboxylic acids is 1. The number of hydrogen-bond acceptors (Lipinski definition) is 5. The molecule has 0 saturated carbocycles. The number of carboxylic acid groups (broad SMARTS) is 1. The maximum atomic E-state index is 12.0. The van der Waals surface area contributed by atoms with Gasteiger partial charge in [0.15, 0.2) is 11.5 Å². The normalized spacial score (nSPS) is 11.1. The van der Waals surface area contributed by atoms with Gasteiger partial charge in [-0.2, -0.15) is 0 Å². The first kappa shape index (κ1) is 54.9. The Bertz CT molecular complexity index is 902. The summed E-state index contributed by atoms with van der Waals surface area (Å²) < 4.78 is 18.9. The molecule has 1 rings (SSSR count). The molecule has 0 fully saturated rings. The fourth-order valence-electron chi connectivity index (χ4n) is 7.42. The van der Waals surface area contributed by atoms with Gasteiger partial charge in [0.2, 0.25) is 5.75 Å². The van der Waals surface area contributed by atoms with Gasteiger partial charge in [-0.1, -0.05) is 233 Å².